The average molecular weight is 328 g/mol. The number of hydrogen-bond acceptors (Lipinski definition) is 4. The van der Waals surface area contributed by atoms with Crippen molar-refractivity contribution in [2.75, 3.05) is 0 Å². The molecule has 0 aromatic carbocycles. The third-order valence-corrected chi connectivity index (χ3v) is 4.04. The van der Waals surface area contributed by atoms with Gasteiger partial charge in [-0.15, -0.1) is 0 Å². The lowest BCUT2D eigenvalue weighted by Crippen LogP contribution is -2.32. The molecule has 1 amide bonds. The van der Waals surface area contributed by atoms with Crippen LogP contribution in [0.3, 0.4) is 0 Å². The van der Waals surface area contributed by atoms with E-state index in [1.54, 1.807) is 11.6 Å². The van der Waals surface area contributed by atoms with Crippen molar-refractivity contribution in [2.24, 2.45) is 0 Å². The van der Waals surface area contributed by atoms with E-state index in [1.165, 1.54) is 6.92 Å². The van der Waals surface area contributed by atoms with E-state index < -0.39 is 0 Å². The molecule has 6 heteroatoms. The van der Waals surface area contributed by atoms with Gasteiger partial charge in [0.1, 0.15) is 6.54 Å². The fourth-order valence-electron chi connectivity index (χ4n) is 2.88. The summed E-state index contributed by atoms with van der Waals surface area (Å²) in [5.41, 5.74) is 3.74. The number of ketones is 1. The van der Waals surface area contributed by atoms with E-state index in [2.05, 4.69) is 15.4 Å². The molecule has 0 spiro atoms. The summed E-state index contributed by atoms with van der Waals surface area (Å²) in [6, 6.07) is 5.64. The van der Waals surface area contributed by atoms with Crippen molar-refractivity contribution in [1.82, 2.24) is 20.1 Å². The molecule has 0 bridgehead atoms. The number of Topliss-reactive ketones (excluding diaryl/α,β-unsaturated/α-hetero) is 1. The van der Waals surface area contributed by atoms with Gasteiger partial charge in [0.15, 0.2) is 5.78 Å². The number of nitrogens with one attached hydrogen (secondary N) is 1. The predicted octanol–water partition coefficient (Wildman–Crippen LogP) is 2.67. The van der Waals surface area contributed by atoms with Gasteiger partial charge in [-0.3, -0.25) is 19.3 Å². The first-order valence-corrected chi connectivity index (χ1v) is 8.11. The van der Waals surface area contributed by atoms with Crippen LogP contribution in [-0.2, 0) is 11.3 Å². The van der Waals surface area contributed by atoms with Crippen LogP contribution in [0.25, 0.3) is 0 Å². The van der Waals surface area contributed by atoms with Gasteiger partial charge in [-0.1, -0.05) is 13.0 Å². The van der Waals surface area contributed by atoms with Crippen molar-refractivity contribution in [3.63, 3.8) is 0 Å². The number of rotatable bonds is 6. The molecule has 0 saturated heterocycles. The molecule has 0 aliphatic heterocycles. The Labute approximate surface area is 142 Å². The Morgan fingerprint density at radius 2 is 1.96 bits per heavy atom. The van der Waals surface area contributed by atoms with Gasteiger partial charge in [-0.2, -0.15) is 5.10 Å². The van der Waals surface area contributed by atoms with Crippen molar-refractivity contribution < 1.29 is 9.59 Å². The van der Waals surface area contributed by atoms with Crippen LogP contribution in [0.2, 0.25) is 0 Å². The van der Waals surface area contributed by atoms with Gasteiger partial charge in [0.2, 0.25) is 5.91 Å². The Morgan fingerprint density at radius 1 is 1.25 bits per heavy atom. The molecule has 0 radical (unpaired) electrons. The maximum atomic E-state index is 12.4. The highest BCUT2D eigenvalue weighted by atomic mass is 16.2. The fraction of sp³-hybridized carbons (Fsp3) is 0.444. The molecule has 1 unspecified atom stereocenters. The maximum Gasteiger partial charge on any atom is 0.242 e. The second-order valence-electron chi connectivity index (χ2n) is 5.99. The Hall–Kier alpha value is -2.50. The number of hydrogen-bond donors (Lipinski definition) is 1. The van der Waals surface area contributed by atoms with Gasteiger partial charge in [0.05, 0.1) is 23.0 Å². The Balaban J connectivity index is 2.13. The Morgan fingerprint density at radius 3 is 2.50 bits per heavy atom. The van der Waals surface area contributed by atoms with Gasteiger partial charge in [-0.05, 0) is 46.2 Å². The number of carbonyl (C=O) groups excluding carboxylic acids is 2. The first-order valence-electron chi connectivity index (χ1n) is 8.11. The van der Waals surface area contributed by atoms with Crippen LogP contribution in [-0.4, -0.2) is 26.5 Å². The van der Waals surface area contributed by atoms with Crippen LogP contribution in [0.5, 0.6) is 0 Å². The highest BCUT2D eigenvalue weighted by Gasteiger charge is 2.19. The SMILES string of the molecule is CCC(NC(=O)Cn1nc(C)c(C(C)=O)c1C)c1cccc(C)n1. The normalized spacial score (nSPS) is 12.0. The summed E-state index contributed by atoms with van der Waals surface area (Å²) in [5, 5.41) is 7.31. The molecule has 6 nitrogen and oxygen atoms in total. The lowest BCUT2D eigenvalue weighted by molar-refractivity contribution is -0.122. The molecule has 128 valence electrons. The van der Waals surface area contributed by atoms with Crippen LogP contribution in [0, 0.1) is 20.8 Å². The first kappa shape index (κ1) is 17.8. The minimum Gasteiger partial charge on any atom is -0.346 e. The van der Waals surface area contributed by atoms with Crippen molar-refractivity contribution >= 4 is 11.7 Å². The number of pyridine rings is 1. The summed E-state index contributed by atoms with van der Waals surface area (Å²) >= 11 is 0. The molecule has 0 aliphatic rings. The molecule has 1 atom stereocenters. The number of nitrogens with zero attached hydrogens (tertiary/aromatic N) is 3. The van der Waals surface area contributed by atoms with E-state index in [0.717, 1.165) is 23.5 Å². The second-order valence-corrected chi connectivity index (χ2v) is 5.99. The molecule has 0 aliphatic carbocycles. The second kappa shape index (κ2) is 7.38. The zero-order valence-electron chi connectivity index (χ0n) is 14.9. The lowest BCUT2D eigenvalue weighted by Gasteiger charge is -2.17. The van der Waals surface area contributed by atoms with Crippen LogP contribution < -0.4 is 5.32 Å². The molecule has 24 heavy (non-hydrogen) atoms. The summed E-state index contributed by atoms with van der Waals surface area (Å²) in [7, 11) is 0. The quantitative estimate of drug-likeness (QED) is 0.827. The van der Waals surface area contributed by atoms with E-state index in [4.69, 9.17) is 0 Å². The van der Waals surface area contributed by atoms with E-state index in [-0.39, 0.29) is 24.3 Å². The largest absolute Gasteiger partial charge is 0.346 e. The third kappa shape index (κ3) is 3.88. The summed E-state index contributed by atoms with van der Waals surface area (Å²) < 4.78 is 1.58. The molecule has 0 saturated carbocycles. The molecule has 2 rings (SSSR count). The highest BCUT2D eigenvalue weighted by Crippen LogP contribution is 2.16. The van der Waals surface area contributed by atoms with Crippen molar-refractivity contribution in [2.45, 2.75) is 53.6 Å². The van der Waals surface area contributed by atoms with E-state index in [0.29, 0.717) is 11.3 Å². The molecule has 2 aromatic heterocycles. The standard InChI is InChI=1S/C18H24N4O2/c1-6-15(16-9-7-8-11(2)19-16)20-17(24)10-22-13(4)18(14(5)23)12(3)21-22/h7-9,15H,6,10H2,1-5H3,(H,20,24). The highest BCUT2D eigenvalue weighted by molar-refractivity contribution is 5.96. The number of aryl methyl sites for hydroxylation is 2. The smallest absolute Gasteiger partial charge is 0.242 e. The molecular formula is C18H24N4O2. The van der Waals surface area contributed by atoms with Crippen LogP contribution in [0.15, 0.2) is 18.2 Å². The number of aromatic nitrogens is 3. The summed E-state index contributed by atoms with van der Waals surface area (Å²) in [5.74, 6) is -0.182. The molecule has 2 heterocycles. The Kier molecular flexibility index (Phi) is 5.49. The van der Waals surface area contributed by atoms with Crippen LogP contribution >= 0.6 is 0 Å². The van der Waals surface area contributed by atoms with E-state index in [1.807, 2.05) is 39.0 Å². The molecular weight excluding hydrogens is 304 g/mol. The Bertz CT molecular complexity index is 764. The van der Waals surface area contributed by atoms with E-state index in [9.17, 15) is 9.59 Å². The van der Waals surface area contributed by atoms with Crippen LogP contribution in [0.4, 0.5) is 0 Å². The van der Waals surface area contributed by atoms with Gasteiger partial charge in [-0.25, -0.2) is 0 Å². The zero-order chi connectivity index (χ0) is 17.9. The summed E-state index contributed by atoms with van der Waals surface area (Å²) in [6.45, 7) is 9.12. The third-order valence-electron chi connectivity index (χ3n) is 4.04. The zero-order valence-corrected chi connectivity index (χ0v) is 14.9. The monoisotopic (exact) mass is 328 g/mol. The van der Waals surface area contributed by atoms with E-state index >= 15 is 0 Å². The van der Waals surface area contributed by atoms with Gasteiger partial charge in [0, 0.05) is 11.4 Å². The minimum absolute atomic E-state index is 0.0351. The number of carbonyl (C=O) groups is 2. The minimum atomic E-state index is -0.147. The molecule has 1 N–H and O–H groups in total. The van der Waals surface area contributed by atoms with Crippen LogP contribution in [0.1, 0.15) is 59.4 Å². The molecule has 2 aromatic rings. The maximum absolute atomic E-state index is 12.4. The van der Waals surface area contributed by atoms with Crippen molar-refractivity contribution in [3.8, 4) is 0 Å². The lowest BCUT2D eigenvalue weighted by atomic mass is 10.1. The van der Waals surface area contributed by atoms with Crippen molar-refractivity contribution in [3.05, 3.63) is 46.5 Å². The first-order chi connectivity index (χ1) is 11.3. The average Bonchev–Trinajstić information content (AvgIpc) is 2.78. The topological polar surface area (TPSA) is 76.9 Å². The van der Waals surface area contributed by atoms with Gasteiger partial charge < -0.3 is 5.32 Å². The summed E-state index contributed by atoms with van der Waals surface area (Å²) in [4.78, 5) is 28.5. The number of amides is 1. The molecule has 0 fully saturated rings. The predicted molar refractivity (Wildman–Crippen MR) is 91.9 cm³/mol. The fourth-order valence-corrected chi connectivity index (χ4v) is 2.88. The summed E-state index contributed by atoms with van der Waals surface area (Å²) in [6.07, 6.45) is 0.748. The van der Waals surface area contributed by atoms with Crippen molar-refractivity contribution in [1.29, 1.82) is 0 Å². The van der Waals surface area contributed by atoms with Gasteiger partial charge >= 0.3 is 0 Å². The van der Waals surface area contributed by atoms with Gasteiger partial charge in [0.25, 0.3) is 0 Å².